The Morgan fingerprint density at radius 1 is 1.10 bits per heavy atom. The average Bonchev–Trinajstić information content (AvgIpc) is 2.47. The largest absolute Gasteiger partial charge is 0.478 e. The van der Waals surface area contributed by atoms with E-state index in [0.717, 1.165) is 23.3 Å². The summed E-state index contributed by atoms with van der Waals surface area (Å²) in [5, 5.41) is 8.53. The number of benzene rings is 2. The summed E-state index contributed by atoms with van der Waals surface area (Å²) < 4.78 is 25.9. The van der Waals surface area contributed by atoms with Gasteiger partial charge < -0.3 is 5.11 Å². The molecule has 0 aliphatic carbocycles. The number of carboxylic acids is 1. The van der Waals surface area contributed by atoms with Crippen LogP contribution in [0.25, 0.3) is 6.08 Å². The van der Waals surface area contributed by atoms with Crippen LogP contribution >= 0.6 is 11.8 Å². The summed E-state index contributed by atoms with van der Waals surface area (Å²) in [6, 6.07) is 11.2. The maximum atomic E-state index is 13.1. The highest BCUT2D eigenvalue weighted by Crippen LogP contribution is 2.24. The SMILES string of the molecule is O=C(O)C=Cc1ccc(CSc2ccc(F)c(F)c2)cc1. The predicted octanol–water partition coefficient (Wildman–Crippen LogP) is 4.35. The van der Waals surface area contributed by atoms with Crippen molar-refractivity contribution in [3.8, 4) is 0 Å². The summed E-state index contributed by atoms with van der Waals surface area (Å²) in [4.78, 5) is 11.1. The number of halogens is 2. The molecule has 2 rings (SSSR count). The first-order valence-corrected chi connectivity index (χ1v) is 7.11. The number of carboxylic acid groups (broad SMARTS) is 1. The van der Waals surface area contributed by atoms with Gasteiger partial charge in [0.05, 0.1) is 0 Å². The van der Waals surface area contributed by atoms with Crippen LogP contribution in [0.2, 0.25) is 0 Å². The minimum Gasteiger partial charge on any atom is -0.478 e. The zero-order valence-corrected chi connectivity index (χ0v) is 11.7. The minimum absolute atomic E-state index is 0.619. The van der Waals surface area contributed by atoms with Gasteiger partial charge >= 0.3 is 5.97 Å². The van der Waals surface area contributed by atoms with E-state index in [4.69, 9.17) is 5.11 Å². The summed E-state index contributed by atoms with van der Waals surface area (Å²) in [5.41, 5.74) is 1.80. The highest BCUT2D eigenvalue weighted by Gasteiger charge is 2.03. The van der Waals surface area contributed by atoms with Crippen LogP contribution in [0.15, 0.2) is 53.4 Å². The summed E-state index contributed by atoms with van der Waals surface area (Å²) in [7, 11) is 0. The number of carbonyl (C=O) groups is 1. The standard InChI is InChI=1S/C16H12F2O2S/c17-14-7-6-13(9-15(14)18)21-10-12-3-1-11(2-4-12)5-8-16(19)20/h1-9H,10H2,(H,19,20). The van der Waals surface area contributed by atoms with Crippen LogP contribution in [0.5, 0.6) is 0 Å². The molecule has 1 N–H and O–H groups in total. The van der Waals surface area contributed by atoms with E-state index in [1.807, 2.05) is 12.1 Å². The lowest BCUT2D eigenvalue weighted by molar-refractivity contribution is -0.131. The first-order chi connectivity index (χ1) is 10.0. The molecule has 108 valence electrons. The van der Waals surface area contributed by atoms with E-state index in [2.05, 4.69) is 0 Å². The lowest BCUT2D eigenvalue weighted by Crippen LogP contribution is -1.87. The van der Waals surface area contributed by atoms with Gasteiger partial charge in [0.25, 0.3) is 0 Å². The highest BCUT2D eigenvalue weighted by atomic mass is 32.2. The third-order valence-corrected chi connectivity index (χ3v) is 3.76. The van der Waals surface area contributed by atoms with Crippen molar-refractivity contribution in [2.45, 2.75) is 10.6 Å². The quantitative estimate of drug-likeness (QED) is 0.659. The van der Waals surface area contributed by atoms with Gasteiger partial charge in [0.15, 0.2) is 11.6 Å². The smallest absolute Gasteiger partial charge is 0.328 e. The van der Waals surface area contributed by atoms with E-state index >= 15 is 0 Å². The van der Waals surface area contributed by atoms with Crippen molar-refractivity contribution in [2.24, 2.45) is 0 Å². The van der Waals surface area contributed by atoms with Crippen molar-refractivity contribution in [3.63, 3.8) is 0 Å². The van der Waals surface area contributed by atoms with Gasteiger partial charge in [0, 0.05) is 16.7 Å². The minimum atomic E-state index is -0.993. The van der Waals surface area contributed by atoms with Crippen LogP contribution in [0.4, 0.5) is 8.78 Å². The Labute approximate surface area is 125 Å². The molecule has 0 saturated heterocycles. The summed E-state index contributed by atoms with van der Waals surface area (Å²) in [6.07, 6.45) is 2.58. The average molecular weight is 306 g/mol. The topological polar surface area (TPSA) is 37.3 Å². The van der Waals surface area contributed by atoms with Crippen LogP contribution in [0, 0.1) is 11.6 Å². The third-order valence-electron chi connectivity index (χ3n) is 2.69. The van der Waals surface area contributed by atoms with Crippen LogP contribution in [-0.2, 0) is 10.5 Å². The van der Waals surface area contributed by atoms with E-state index in [1.54, 1.807) is 12.1 Å². The number of aliphatic carboxylic acids is 1. The molecule has 2 aromatic carbocycles. The van der Waals surface area contributed by atoms with E-state index in [9.17, 15) is 13.6 Å². The van der Waals surface area contributed by atoms with E-state index in [-0.39, 0.29) is 0 Å². The molecular formula is C16H12F2O2S. The first kappa shape index (κ1) is 15.3. The molecule has 0 radical (unpaired) electrons. The van der Waals surface area contributed by atoms with Gasteiger partial charge in [-0.15, -0.1) is 11.8 Å². The van der Waals surface area contributed by atoms with Crippen LogP contribution < -0.4 is 0 Å². The number of hydrogen-bond acceptors (Lipinski definition) is 2. The second kappa shape index (κ2) is 7.04. The molecule has 0 heterocycles. The molecule has 0 bridgehead atoms. The van der Waals surface area contributed by atoms with Crippen molar-refractivity contribution in [1.29, 1.82) is 0 Å². The van der Waals surface area contributed by atoms with Gasteiger partial charge in [-0.2, -0.15) is 0 Å². The van der Waals surface area contributed by atoms with E-state index < -0.39 is 17.6 Å². The Kier molecular flexibility index (Phi) is 5.11. The Morgan fingerprint density at radius 3 is 2.43 bits per heavy atom. The third kappa shape index (κ3) is 4.72. The molecule has 5 heteroatoms. The van der Waals surface area contributed by atoms with Crippen molar-refractivity contribution in [3.05, 3.63) is 71.3 Å². The number of rotatable bonds is 5. The fourth-order valence-electron chi connectivity index (χ4n) is 1.63. The van der Waals surface area contributed by atoms with Gasteiger partial charge in [0.1, 0.15) is 0 Å². The molecule has 21 heavy (non-hydrogen) atoms. The molecule has 0 amide bonds. The zero-order valence-electron chi connectivity index (χ0n) is 10.9. The lowest BCUT2D eigenvalue weighted by Gasteiger charge is -2.03. The second-order valence-corrected chi connectivity index (χ2v) is 5.33. The maximum Gasteiger partial charge on any atom is 0.328 e. The van der Waals surface area contributed by atoms with Gasteiger partial charge in [0.2, 0.25) is 0 Å². The molecule has 0 spiro atoms. The highest BCUT2D eigenvalue weighted by molar-refractivity contribution is 7.98. The second-order valence-electron chi connectivity index (χ2n) is 4.28. The number of thioether (sulfide) groups is 1. The fourth-order valence-corrected chi connectivity index (χ4v) is 2.50. The Hall–Kier alpha value is -2.14. The van der Waals surface area contributed by atoms with E-state index in [0.29, 0.717) is 10.6 Å². The molecular weight excluding hydrogens is 294 g/mol. The molecule has 0 aliphatic heterocycles. The zero-order chi connectivity index (χ0) is 15.2. The van der Waals surface area contributed by atoms with Crippen molar-refractivity contribution < 1.29 is 18.7 Å². The Morgan fingerprint density at radius 2 is 1.81 bits per heavy atom. The lowest BCUT2D eigenvalue weighted by atomic mass is 10.1. The first-order valence-electron chi connectivity index (χ1n) is 6.12. The maximum absolute atomic E-state index is 13.1. The molecule has 0 atom stereocenters. The number of hydrogen-bond donors (Lipinski definition) is 1. The molecule has 0 unspecified atom stereocenters. The van der Waals surface area contributed by atoms with E-state index in [1.165, 1.54) is 30.0 Å². The molecule has 0 aromatic heterocycles. The Balaban J connectivity index is 1.97. The van der Waals surface area contributed by atoms with Crippen LogP contribution in [-0.4, -0.2) is 11.1 Å². The van der Waals surface area contributed by atoms with Crippen LogP contribution in [0.1, 0.15) is 11.1 Å². The molecule has 2 nitrogen and oxygen atoms in total. The van der Waals surface area contributed by atoms with Crippen molar-refractivity contribution >= 4 is 23.8 Å². The molecule has 0 fully saturated rings. The van der Waals surface area contributed by atoms with Gasteiger partial charge in [-0.25, -0.2) is 13.6 Å². The Bertz CT molecular complexity index is 666. The summed E-state index contributed by atoms with van der Waals surface area (Å²) in [5.74, 6) is -2.08. The summed E-state index contributed by atoms with van der Waals surface area (Å²) >= 11 is 1.40. The monoisotopic (exact) mass is 306 g/mol. The molecule has 0 saturated carbocycles. The summed E-state index contributed by atoms with van der Waals surface area (Å²) in [6.45, 7) is 0. The fraction of sp³-hybridized carbons (Fsp3) is 0.0625. The normalized spacial score (nSPS) is 11.0. The van der Waals surface area contributed by atoms with Gasteiger partial charge in [-0.3, -0.25) is 0 Å². The van der Waals surface area contributed by atoms with Crippen LogP contribution in [0.3, 0.4) is 0 Å². The predicted molar refractivity (Wildman–Crippen MR) is 79.0 cm³/mol. The molecule has 0 aliphatic rings. The van der Waals surface area contributed by atoms with Crippen molar-refractivity contribution in [2.75, 3.05) is 0 Å². The van der Waals surface area contributed by atoms with Gasteiger partial charge in [-0.05, 0) is 35.4 Å². The van der Waals surface area contributed by atoms with Crippen molar-refractivity contribution in [1.82, 2.24) is 0 Å². The molecule has 2 aromatic rings. The van der Waals surface area contributed by atoms with Gasteiger partial charge in [-0.1, -0.05) is 24.3 Å².